The number of anilines is 1. The summed E-state index contributed by atoms with van der Waals surface area (Å²) in [5, 5.41) is 3.94. The summed E-state index contributed by atoms with van der Waals surface area (Å²) >= 11 is 0. The molecule has 6 nitrogen and oxygen atoms in total. The Labute approximate surface area is 127 Å². The molecule has 1 aromatic heterocycles. The molecule has 3 aromatic rings. The van der Waals surface area contributed by atoms with E-state index in [2.05, 4.69) is 10.1 Å². The Balaban J connectivity index is 1.66. The standard InChI is InChI=1S/C16H15N3O3/c1-20-13-6-2-11(3-7-13)16-18-15(22-19-16)10-21-14-8-4-12(17)5-9-14/h2-9H,10,17H2,1H3. The van der Waals surface area contributed by atoms with E-state index in [1.807, 2.05) is 24.3 Å². The molecular weight excluding hydrogens is 282 g/mol. The van der Waals surface area contributed by atoms with E-state index >= 15 is 0 Å². The molecule has 0 unspecified atom stereocenters. The van der Waals surface area contributed by atoms with Crippen LogP contribution in [0.15, 0.2) is 53.1 Å². The lowest BCUT2D eigenvalue weighted by molar-refractivity contribution is 0.243. The first-order chi connectivity index (χ1) is 10.7. The number of nitrogen functional groups attached to an aromatic ring is 1. The quantitative estimate of drug-likeness (QED) is 0.729. The predicted octanol–water partition coefficient (Wildman–Crippen LogP) is 2.91. The van der Waals surface area contributed by atoms with Gasteiger partial charge < -0.3 is 19.7 Å². The van der Waals surface area contributed by atoms with Crippen LogP contribution in [0.25, 0.3) is 11.4 Å². The molecule has 22 heavy (non-hydrogen) atoms. The van der Waals surface area contributed by atoms with E-state index in [1.165, 1.54) is 0 Å². The van der Waals surface area contributed by atoms with Crippen LogP contribution in [0.2, 0.25) is 0 Å². The summed E-state index contributed by atoms with van der Waals surface area (Å²) in [5.74, 6) is 2.39. The fraction of sp³-hybridized carbons (Fsp3) is 0.125. The van der Waals surface area contributed by atoms with Crippen molar-refractivity contribution >= 4 is 5.69 Å². The first kappa shape index (κ1) is 13.9. The fourth-order valence-electron chi connectivity index (χ4n) is 1.88. The summed E-state index contributed by atoms with van der Waals surface area (Å²) in [7, 11) is 1.62. The number of ether oxygens (including phenoxy) is 2. The third-order valence-corrected chi connectivity index (χ3v) is 3.06. The first-order valence-electron chi connectivity index (χ1n) is 6.70. The maximum absolute atomic E-state index is 5.62. The minimum Gasteiger partial charge on any atom is -0.497 e. The van der Waals surface area contributed by atoms with Gasteiger partial charge in [0.1, 0.15) is 11.5 Å². The minimum atomic E-state index is 0.201. The van der Waals surface area contributed by atoms with Crippen LogP contribution in [-0.2, 0) is 6.61 Å². The average molecular weight is 297 g/mol. The molecule has 2 N–H and O–H groups in total. The van der Waals surface area contributed by atoms with Gasteiger partial charge in [-0.1, -0.05) is 5.16 Å². The van der Waals surface area contributed by atoms with Crippen molar-refractivity contribution in [2.75, 3.05) is 12.8 Å². The lowest BCUT2D eigenvalue weighted by atomic mass is 10.2. The van der Waals surface area contributed by atoms with Crippen LogP contribution in [-0.4, -0.2) is 17.3 Å². The molecule has 3 rings (SSSR count). The van der Waals surface area contributed by atoms with Crippen molar-refractivity contribution < 1.29 is 14.0 Å². The Morgan fingerprint density at radius 3 is 2.36 bits per heavy atom. The highest BCUT2D eigenvalue weighted by Crippen LogP contribution is 2.20. The highest BCUT2D eigenvalue weighted by atomic mass is 16.5. The van der Waals surface area contributed by atoms with Crippen molar-refractivity contribution in [3.05, 3.63) is 54.4 Å². The molecule has 112 valence electrons. The molecule has 0 fully saturated rings. The van der Waals surface area contributed by atoms with Gasteiger partial charge in [-0.25, -0.2) is 0 Å². The van der Waals surface area contributed by atoms with Gasteiger partial charge in [0, 0.05) is 11.3 Å². The van der Waals surface area contributed by atoms with Crippen LogP contribution in [0.5, 0.6) is 11.5 Å². The van der Waals surface area contributed by atoms with Crippen molar-refractivity contribution in [3.8, 4) is 22.9 Å². The SMILES string of the molecule is COc1ccc(-c2noc(COc3ccc(N)cc3)n2)cc1. The third kappa shape index (κ3) is 3.17. The molecule has 0 saturated carbocycles. The van der Waals surface area contributed by atoms with E-state index in [0.29, 0.717) is 23.2 Å². The number of benzene rings is 2. The van der Waals surface area contributed by atoms with Crippen molar-refractivity contribution in [3.63, 3.8) is 0 Å². The summed E-state index contributed by atoms with van der Waals surface area (Å²) in [5.41, 5.74) is 7.15. The van der Waals surface area contributed by atoms with E-state index in [0.717, 1.165) is 11.3 Å². The van der Waals surface area contributed by atoms with Gasteiger partial charge in [-0.2, -0.15) is 4.98 Å². The van der Waals surface area contributed by atoms with Gasteiger partial charge in [0.15, 0.2) is 6.61 Å². The Morgan fingerprint density at radius 2 is 1.68 bits per heavy atom. The van der Waals surface area contributed by atoms with Gasteiger partial charge in [0.2, 0.25) is 5.82 Å². The number of rotatable bonds is 5. The second-order valence-corrected chi connectivity index (χ2v) is 4.60. The van der Waals surface area contributed by atoms with Crippen LogP contribution < -0.4 is 15.2 Å². The first-order valence-corrected chi connectivity index (χ1v) is 6.70. The van der Waals surface area contributed by atoms with Crippen LogP contribution in [0, 0.1) is 0 Å². The van der Waals surface area contributed by atoms with E-state index in [1.54, 1.807) is 31.4 Å². The summed E-state index contributed by atoms with van der Waals surface area (Å²) in [6.45, 7) is 0.201. The molecule has 0 spiro atoms. The third-order valence-electron chi connectivity index (χ3n) is 3.06. The van der Waals surface area contributed by atoms with Crippen LogP contribution >= 0.6 is 0 Å². The summed E-state index contributed by atoms with van der Waals surface area (Å²) in [4.78, 5) is 4.30. The molecular formula is C16H15N3O3. The average Bonchev–Trinajstić information content (AvgIpc) is 3.03. The fourth-order valence-corrected chi connectivity index (χ4v) is 1.88. The Morgan fingerprint density at radius 1 is 1.00 bits per heavy atom. The maximum atomic E-state index is 5.62. The molecule has 0 aliphatic carbocycles. The normalized spacial score (nSPS) is 10.4. The predicted molar refractivity (Wildman–Crippen MR) is 81.5 cm³/mol. The minimum absolute atomic E-state index is 0.201. The summed E-state index contributed by atoms with van der Waals surface area (Å²) in [6, 6.07) is 14.5. The molecule has 0 bridgehead atoms. The van der Waals surface area contributed by atoms with Gasteiger partial charge >= 0.3 is 0 Å². The molecule has 0 amide bonds. The van der Waals surface area contributed by atoms with Gasteiger partial charge in [0.25, 0.3) is 5.89 Å². The molecule has 0 aliphatic rings. The lowest BCUT2D eigenvalue weighted by Crippen LogP contribution is -1.96. The zero-order chi connectivity index (χ0) is 15.4. The molecule has 1 heterocycles. The molecule has 0 radical (unpaired) electrons. The second-order valence-electron chi connectivity index (χ2n) is 4.60. The number of methoxy groups -OCH3 is 1. The van der Waals surface area contributed by atoms with E-state index in [9.17, 15) is 0 Å². The summed E-state index contributed by atoms with van der Waals surface area (Å²) < 4.78 is 15.9. The topological polar surface area (TPSA) is 83.4 Å². The number of nitrogens with zero attached hydrogens (tertiary/aromatic N) is 2. The zero-order valence-corrected chi connectivity index (χ0v) is 12.0. The highest BCUT2D eigenvalue weighted by Gasteiger charge is 2.09. The molecule has 6 heteroatoms. The van der Waals surface area contributed by atoms with Crippen LogP contribution in [0.3, 0.4) is 0 Å². The molecule has 0 aliphatic heterocycles. The monoisotopic (exact) mass is 297 g/mol. The van der Waals surface area contributed by atoms with Gasteiger partial charge in [-0.05, 0) is 48.5 Å². The highest BCUT2D eigenvalue weighted by molar-refractivity contribution is 5.55. The van der Waals surface area contributed by atoms with Crippen molar-refractivity contribution in [2.24, 2.45) is 0 Å². The van der Waals surface area contributed by atoms with E-state index in [4.69, 9.17) is 19.7 Å². The van der Waals surface area contributed by atoms with Gasteiger partial charge in [-0.15, -0.1) is 0 Å². The number of hydrogen-bond acceptors (Lipinski definition) is 6. The largest absolute Gasteiger partial charge is 0.497 e. The smallest absolute Gasteiger partial charge is 0.264 e. The van der Waals surface area contributed by atoms with Crippen LogP contribution in [0.4, 0.5) is 5.69 Å². The van der Waals surface area contributed by atoms with Gasteiger partial charge in [0.05, 0.1) is 7.11 Å². The number of aromatic nitrogens is 2. The number of hydrogen-bond donors (Lipinski definition) is 1. The lowest BCUT2D eigenvalue weighted by Gasteiger charge is -2.02. The summed E-state index contributed by atoms with van der Waals surface area (Å²) in [6.07, 6.45) is 0. The second kappa shape index (κ2) is 6.17. The molecule has 2 aromatic carbocycles. The molecule has 0 saturated heterocycles. The van der Waals surface area contributed by atoms with E-state index < -0.39 is 0 Å². The van der Waals surface area contributed by atoms with Crippen LogP contribution in [0.1, 0.15) is 5.89 Å². The Hall–Kier alpha value is -3.02. The maximum Gasteiger partial charge on any atom is 0.264 e. The van der Waals surface area contributed by atoms with Crippen molar-refractivity contribution in [1.82, 2.24) is 10.1 Å². The number of nitrogens with two attached hydrogens (primary N) is 1. The molecule has 0 atom stereocenters. The van der Waals surface area contributed by atoms with Crippen molar-refractivity contribution in [1.29, 1.82) is 0 Å². The van der Waals surface area contributed by atoms with Gasteiger partial charge in [-0.3, -0.25) is 0 Å². The van der Waals surface area contributed by atoms with E-state index in [-0.39, 0.29) is 6.61 Å². The zero-order valence-electron chi connectivity index (χ0n) is 12.0. The Bertz CT molecular complexity index is 736. The Kier molecular flexibility index (Phi) is 3.91. The van der Waals surface area contributed by atoms with Crippen molar-refractivity contribution in [2.45, 2.75) is 6.61 Å².